The van der Waals surface area contributed by atoms with Crippen LogP contribution in [0.2, 0.25) is 0 Å². The Morgan fingerprint density at radius 3 is 0.694 bits per heavy atom. The van der Waals surface area contributed by atoms with Crippen molar-refractivity contribution in [2.45, 2.75) is 78.3 Å². The fourth-order valence-corrected chi connectivity index (χ4v) is 26.0. The highest BCUT2D eigenvalue weighted by Gasteiger charge is 2.31. The summed E-state index contributed by atoms with van der Waals surface area (Å²) in [4.78, 5) is 19.2. The van der Waals surface area contributed by atoms with Crippen LogP contribution in [0.4, 0.5) is 0 Å². The second kappa shape index (κ2) is 34.6. The number of aliphatic hydroxyl groups is 2. The lowest BCUT2D eigenvalue weighted by Gasteiger charge is -2.25. The van der Waals surface area contributed by atoms with Gasteiger partial charge in [0, 0.05) is 123 Å². The van der Waals surface area contributed by atoms with Gasteiger partial charge in [-0.05, 0) is 222 Å². The number of ether oxygens (including phenoxy) is 6. The van der Waals surface area contributed by atoms with Crippen LogP contribution in [-0.2, 0) is 0 Å². The molecule has 4 aliphatic heterocycles. The van der Waals surface area contributed by atoms with Gasteiger partial charge in [0.15, 0.2) is 0 Å². The van der Waals surface area contributed by atoms with E-state index in [9.17, 15) is 10.2 Å². The summed E-state index contributed by atoms with van der Waals surface area (Å²) in [6, 6.07) is 122. The highest BCUT2D eigenvalue weighted by molar-refractivity contribution is 8.06. The predicted octanol–water partition coefficient (Wildman–Crippen LogP) is 30.1. The number of fused-ring (bicyclic) bond motifs is 12. The monoisotopic (exact) mass is 1750 g/mol. The van der Waals surface area contributed by atoms with Crippen molar-refractivity contribution in [1.82, 2.24) is 0 Å². The van der Waals surface area contributed by atoms with Crippen LogP contribution in [0.5, 0.6) is 34.5 Å². The molecule has 0 aromatic heterocycles. The molecule has 0 amide bonds. The first-order valence-corrected chi connectivity index (χ1v) is 47.7. The number of rotatable bonds is 23. The minimum absolute atomic E-state index is 0.112. The maximum absolute atomic E-state index is 10.3. The topological polar surface area (TPSA) is 95.8 Å². The highest BCUT2D eigenvalue weighted by atomic mass is 32.2. The Morgan fingerprint density at radius 1 is 0.177 bits per heavy atom. The van der Waals surface area contributed by atoms with E-state index in [2.05, 4.69) is 328 Å². The minimum atomic E-state index is -0.145. The molecule has 4 heterocycles. The summed E-state index contributed by atoms with van der Waals surface area (Å²) < 4.78 is 43.4. The Morgan fingerprint density at radius 2 is 0.403 bits per heavy atom. The van der Waals surface area contributed by atoms with E-state index in [0.29, 0.717) is 34.5 Å². The highest BCUT2D eigenvalue weighted by Crippen LogP contribution is 2.59. The zero-order valence-electron chi connectivity index (χ0n) is 66.6. The lowest BCUT2D eigenvalue weighted by molar-refractivity contribution is 0.202. The van der Waals surface area contributed by atoms with Crippen LogP contribution in [-0.4, -0.2) is 63.1 Å². The molecule has 8 nitrogen and oxygen atoms in total. The normalized spacial score (nSPS) is 12.8. The summed E-state index contributed by atoms with van der Waals surface area (Å²) in [5.41, 5.74) is 13.0. The van der Waals surface area contributed by atoms with Crippen molar-refractivity contribution in [3.05, 3.63) is 340 Å². The molecule has 22 rings (SSSR count). The summed E-state index contributed by atoms with van der Waals surface area (Å²) in [7, 11) is 0. The maximum Gasteiger partial charge on any atom is 0.135 e. The Balaban J connectivity index is 0.759. The number of hydrogen-bond acceptors (Lipinski definition) is 16. The largest absolute Gasteiger partial charge is 0.491 e. The van der Waals surface area contributed by atoms with Crippen molar-refractivity contribution in [1.29, 1.82) is 0 Å². The van der Waals surface area contributed by atoms with Crippen molar-refractivity contribution >= 4 is 137 Å². The van der Waals surface area contributed by atoms with Gasteiger partial charge in [0.2, 0.25) is 0 Å². The molecule has 4 aliphatic rings. The van der Waals surface area contributed by atoms with Gasteiger partial charge in [0.1, 0.15) is 74.1 Å². The van der Waals surface area contributed by atoms with Crippen LogP contribution < -0.4 is 28.4 Å². The first kappa shape index (κ1) is 78.5. The Labute approximate surface area is 752 Å². The summed E-state index contributed by atoms with van der Waals surface area (Å²) in [6.07, 6.45) is 0. The second-order valence-electron chi connectivity index (χ2n) is 30.2. The average Bonchev–Trinajstić information content (AvgIpc) is 0.756. The second-order valence-corrected chi connectivity index (χ2v) is 38.9. The fraction of sp³-hybridized carbons (Fsp3) is 0.0741. The molecule has 16 heteroatoms. The molecular weight excluding hydrogens is 1680 g/mol. The molecule has 124 heavy (non-hydrogen) atoms. The van der Waals surface area contributed by atoms with Gasteiger partial charge in [-0.2, -0.15) is 0 Å². The molecule has 0 saturated carbocycles. The van der Waals surface area contributed by atoms with E-state index < -0.39 is 0 Å². The van der Waals surface area contributed by atoms with Crippen LogP contribution in [0.1, 0.15) is 0 Å². The summed E-state index contributed by atoms with van der Waals surface area (Å²) in [6.45, 7) is 0.439. The minimum Gasteiger partial charge on any atom is -0.491 e. The van der Waals surface area contributed by atoms with E-state index in [1.165, 1.54) is 68.5 Å². The molecule has 0 fully saturated rings. The third-order valence-corrected chi connectivity index (χ3v) is 32.8. The Bertz CT molecular complexity index is 6860. The van der Waals surface area contributed by atoms with Crippen molar-refractivity contribution in [2.75, 3.05) is 52.9 Å². The van der Waals surface area contributed by atoms with Crippen LogP contribution in [0, 0.1) is 0 Å². The molecule has 0 bridgehead atoms. The van der Waals surface area contributed by atoms with Crippen LogP contribution in [0.15, 0.2) is 418 Å². The first-order chi connectivity index (χ1) is 61.3. The van der Waals surface area contributed by atoms with Gasteiger partial charge in [-0.1, -0.05) is 288 Å². The van der Waals surface area contributed by atoms with Crippen LogP contribution in [0.25, 0.3) is 121 Å². The van der Waals surface area contributed by atoms with Gasteiger partial charge in [0.05, 0.1) is 13.2 Å². The quantitative estimate of drug-likeness (QED) is 0.0595. The van der Waals surface area contributed by atoms with Gasteiger partial charge in [-0.25, -0.2) is 0 Å². The first-order valence-electron chi connectivity index (χ1n) is 41.1. The molecule has 2 N–H and O–H groups in total. The molecule has 602 valence electrons. The molecule has 0 atom stereocenters. The fourth-order valence-electron chi connectivity index (χ4n) is 17.0. The molecule has 0 aliphatic carbocycles. The van der Waals surface area contributed by atoms with Gasteiger partial charge in [-0.15, -0.1) is 0 Å². The summed E-state index contributed by atoms with van der Waals surface area (Å²) in [5.74, 6) is 3.90. The Hall–Kier alpha value is -11.5. The number of hydrogen-bond donors (Lipinski definition) is 2. The SMILES string of the molecule is OCCOc1ccc2ccccc2c1-c1c(OCCOc2c(-c3ccc4c(c3)Sc3ccccc3S4)cc(-c3ccc4c(c3)Sc3ccccc3S4)cc2-c2cc(-c3ccc4c(c3)Sc3ccccc3S4)cc(-c3ccc4c(c3)Sc3ccccc3S4)c2OCCOc2ccc3ccccc3c2-c2c(OCCO)ccc3ccccc23)ccc2ccccc12. The predicted molar refractivity (Wildman–Crippen MR) is 513 cm³/mol. The third-order valence-electron chi connectivity index (χ3n) is 22.6. The van der Waals surface area contributed by atoms with Gasteiger partial charge < -0.3 is 38.6 Å². The van der Waals surface area contributed by atoms with E-state index >= 15 is 0 Å². The number of benzene rings is 18. The molecule has 0 unspecified atom stereocenters. The smallest absolute Gasteiger partial charge is 0.135 e. The van der Waals surface area contributed by atoms with E-state index in [-0.39, 0.29) is 52.9 Å². The van der Waals surface area contributed by atoms with Crippen LogP contribution >= 0.6 is 94.1 Å². The lowest BCUT2D eigenvalue weighted by Crippen LogP contribution is -2.12. The van der Waals surface area contributed by atoms with Gasteiger partial charge >= 0.3 is 0 Å². The van der Waals surface area contributed by atoms with Gasteiger partial charge in [-0.3, -0.25) is 0 Å². The molecular formula is C108H74O8S8. The zero-order chi connectivity index (χ0) is 82.6. The standard InChI is InChI=1S/C108H74O8S8/c109-49-51-111-83-41-33-65-17-1-5-21-75(65)103(83)105-77-23-7-3-19-67(77)35-43-85(105)113-53-55-115-107-79(71-39-47-97-101(63-71)123-93-31-15-11-27-89(93)119-97)57-73(69-37-45-95-99(61-69)121-91-29-13-9-25-87(91)117-95)59-81(107)82-60-74(70-38-46-96-100(62-70)122-92-30-14-10-26-88(92)118-96)58-80(72-40-48-98-102(64-72)124-94-32-16-12-28-90(94)120-98)108(82)116-56-54-114-86-44-36-68-20-4-8-24-78(68)106(86)104-76-22-6-2-18-66(76)34-42-84(104)112-52-50-110/h1-48,57-64,109-110H,49-56H2. The van der Waals surface area contributed by atoms with E-state index in [1.54, 1.807) is 47.0 Å². The molecule has 0 saturated heterocycles. The van der Waals surface area contributed by atoms with Crippen molar-refractivity contribution in [2.24, 2.45) is 0 Å². The van der Waals surface area contributed by atoms with E-state index in [0.717, 1.165) is 131 Å². The van der Waals surface area contributed by atoms with E-state index in [1.807, 2.05) is 59.2 Å². The summed E-state index contributed by atoms with van der Waals surface area (Å²) >= 11 is 14.5. The average molecular weight is 1760 g/mol. The molecule has 0 spiro atoms. The van der Waals surface area contributed by atoms with E-state index in [4.69, 9.17) is 28.4 Å². The zero-order valence-corrected chi connectivity index (χ0v) is 73.1. The summed E-state index contributed by atoms with van der Waals surface area (Å²) in [5, 5.41) is 28.7. The van der Waals surface area contributed by atoms with Crippen LogP contribution in [0.3, 0.4) is 0 Å². The maximum atomic E-state index is 10.3. The third kappa shape index (κ3) is 15.3. The molecule has 0 radical (unpaired) electrons. The number of aliphatic hydroxyl groups excluding tert-OH is 2. The van der Waals surface area contributed by atoms with Gasteiger partial charge in [0.25, 0.3) is 0 Å². The van der Waals surface area contributed by atoms with Crippen molar-refractivity contribution in [3.8, 4) is 112 Å². The van der Waals surface area contributed by atoms with Crippen molar-refractivity contribution in [3.63, 3.8) is 0 Å². The lowest BCUT2D eigenvalue weighted by atomic mass is 9.88. The Kier molecular flexibility index (Phi) is 21.9. The molecule has 18 aromatic rings. The van der Waals surface area contributed by atoms with Crippen molar-refractivity contribution < 1.29 is 38.6 Å². The molecule has 18 aromatic carbocycles.